The number of benzene rings is 2. The Morgan fingerprint density at radius 1 is 0.800 bits per heavy atom. The first-order valence-corrected chi connectivity index (χ1v) is 10.6. The van der Waals surface area contributed by atoms with E-state index in [9.17, 15) is 16.8 Å². The molecule has 3 N–H and O–H groups in total. The highest BCUT2D eigenvalue weighted by Crippen LogP contribution is 2.27. The van der Waals surface area contributed by atoms with Gasteiger partial charge in [0, 0.05) is 7.05 Å². The molecule has 25 heavy (non-hydrogen) atoms. The average Bonchev–Trinajstić information content (AvgIpc) is 2.61. The zero-order valence-corrected chi connectivity index (χ0v) is 15.8. The van der Waals surface area contributed by atoms with E-state index in [1.165, 1.54) is 37.4 Å². The highest BCUT2D eigenvalue weighted by atomic mass is 32.2. The molecule has 0 saturated carbocycles. The molecule has 0 amide bonds. The Hall–Kier alpha value is -2.10. The summed E-state index contributed by atoms with van der Waals surface area (Å²) in [5.74, 6) is 0. The zero-order chi connectivity index (χ0) is 18.7. The normalized spacial score (nSPS) is 12.0. The minimum atomic E-state index is -3.85. The van der Waals surface area contributed by atoms with E-state index in [0.29, 0.717) is 5.69 Å². The molecule has 0 aliphatic heterocycles. The van der Waals surface area contributed by atoms with Crippen molar-refractivity contribution in [2.75, 3.05) is 24.1 Å². The van der Waals surface area contributed by atoms with Crippen LogP contribution < -0.4 is 14.8 Å². The van der Waals surface area contributed by atoms with Crippen LogP contribution in [-0.2, 0) is 26.5 Å². The fourth-order valence-electron chi connectivity index (χ4n) is 2.22. The summed E-state index contributed by atoms with van der Waals surface area (Å²) in [5.41, 5.74) is 1.64. The monoisotopic (exact) mass is 383 g/mol. The third-order valence-electron chi connectivity index (χ3n) is 3.73. The minimum Gasteiger partial charge on any atom is -0.386 e. The molecule has 7 nitrogen and oxygen atoms in total. The van der Waals surface area contributed by atoms with Gasteiger partial charge in [0.15, 0.2) is 0 Å². The molecule has 0 unspecified atom stereocenters. The van der Waals surface area contributed by atoms with Crippen LogP contribution in [0.5, 0.6) is 0 Å². The second-order valence-corrected chi connectivity index (χ2v) is 8.84. The topological polar surface area (TPSA) is 104 Å². The van der Waals surface area contributed by atoms with Crippen molar-refractivity contribution >= 4 is 31.4 Å². The van der Waals surface area contributed by atoms with Gasteiger partial charge in [-0.2, -0.15) is 0 Å². The summed E-state index contributed by atoms with van der Waals surface area (Å²) in [4.78, 5) is 0.0710. The lowest BCUT2D eigenvalue weighted by Crippen LogP contribution is -2.19. The number of aryl methyl sites for hydroxylation is 1. The van der Waals surface area contributed by atoms with E-state index < -0.39 is 20.0 Å². The van der Waals surface area contributed by atoms with Gasteiger partial charge in [-0.1, -0.05) is 19.1 Å². The number of nitrogens with one attached hydrogen (secondary N) is 3. The number of hydrogen-bond donors (Lipinski definition) is 3. The standard InChI is InChI=1S/C16H21N3O4S2/c1-4-12-5-7-13(8-6-12)25(22,23)19-16-11-14(24(20,21)18-3)9-10-15(16)17-2/h5-11,17-19H,4H2,1-3H3. The van der Waals surface area contributed by atoms with Gasteiger partial charge in [0.2, 0.25) is 10.0 Å². The molecule has 0 fully saturated rings. The summed E-state index contributed by atoms with van der Waals surface area (Å²) in [7, 11) is -4.62. The summed E-state index contributed by atoms with van der Waals surface area (Å²) >= 11 is 0. The summed E-state index contributed by atoms with van der Waals surface area (Å²) in [6.07, 6.45) is 0.807. The van der Waals surface area contributed by atoms with Crippen molar-refractivity contribution in [1.82, 2.24) is 4.72 Å². The molecule has 0 bridgehead atoms. The summed E-state index contributed by atoms with van der Waals surface area (Å²) in [6, 6.07) is 10.7. The van der Waals surface area contributed by atoms with Crippen molar-refractivity contribution in [3.05, 3.63) is 48.0 Å². The summed E-state index contributed by atoms with van der Waals surface area (Å²) in [6.45, 7) is 1.98. The lowest BCUT2D eigenvalue weighted by molar-refractivity contribution is 0.588. The van der Waals surface area contributed by atoms with Gasteiger partial charge in [-0.05, 0) is 49.4 Å². The molecule has 0 atom stereocenters. The molecule has 136 valence electrons. The van der Waals surface area contributed by atoms with Crippen LogP contribution in [0.4, 0.5) is 11.4 Å². The largest absolute Gasteiger partial charge is 0.386 e. The fraction of sp³-hybridized carbons (Fsp3) is 0.250. The predicted molar refractivity (Wildman–Crippen MR) is 98.9 cm³/mol. The van der Waals surface area contributed by atoms with Crippen LogP contribution in [0, 0.1) is 0 Å². The second kappa shape index (κ2) is 7.42. The molecular formula is C16H21N3O4S2. The molecule has 0 spiro atoms. The summed E-state index contributed by atoms with van der Waals surface area (Å²) < 4.78 is 53.7. The molecule has 2 aromatic carbocycles. The Morgan fingerprint density at radius 2 is 1.40 bits per heavy atom. The van der Waals surface area contributed by atoms with Crippen LogP contribution in [0.3, 0.4) is 0 Å². The van der Waals surface area contributed by atoms with E-state index in [1.807, 2.05) is 6.92 Å². The van der Waals surface area contributed by atoms with Crippen molar-refractivity contribution in [2.45, 2.75) is 23.1 Å². The van der Waals surface area contributed by atoms with Crippen LogP contribution >= 0.6 is 0 Å². The Morgan fingerprint density at radius 3 is 1.92 bits per heavy atom. The van der Waals surface area contributed by atoms with Crippen LogP contribution in [0.2, 0.25) is 0 Å². The number of hydrogen-bond acceptors (Lipinski definition) is 5. The number of sulfonamides is 2. The maximum Gasteiger partial charge on any atom is 0.261 e. The maximum absolute atomic E-state index is 12.6. The van der Waals surface area contributed by atoms with Gasteiger partial charge in [0.25, 0.3) is 10.0 Å². The molecular weight excluding hydrogens is 362 g/mol. The zero-order valence-electron chi connectivity index (χ0n) is 14.2. The van der Waals surface area contributed by atoms with E-state index in [-0.39, 0.29) is 15.5 Å². The van der Waals surface area contributed by atoms with Crippen molar-refractivity contribution in [2.24, 2.45) is 0 Å². The highest BCUT2D eigenvalue weighted by molar-refractivity contribution is 7.92. The fourth-order valence-corrected chi connectivity index (χ4v) is 4.05. The first kappa shape index (κ1) is 19.2. The van der Waals surface area contributed by atoms with Crippen LogP contribution in [0.1, 0.15) is 12.5 Å². The molecule has 0 aromatic heterocycles. The SMILES string of the molecule is CCc1ccc(S(=O)(=O)Nc2cc(S(=O)(=O)NC)ccc2NC)cc1. The molecule has 0 radical (unpaired) electrons. The Bertz CT molecular complexity index is 953. The van der Waals surface area contributed by atoms with Crippen molar-refractivity contribution in [3.8, 4) is 0 Å². The molecule has 0 aliphatic carbocycles. The van der Waals surface area contributed by atoms with E-state index in [1.54, 1.807) is 19.2 Å². The van der Waals surface area contributed by atoms with E-state index in [2.05, 4.69) is 14.8 Å². The third kappa shape index (κ3) is 4.30. The molecule has 9 heteroatoms. The first-order chi connectivity index (χ1) is 11.7. The van der Waals surface area contributed by atoms with E-state index in [0.717, 1.165) is 12.0 Å². The average molecular weight is 383 g/mol. The molecule has 2 rings (SSSR count). The lowest BCUT2D eigenvalue weighted by Gasteiger charge is -2.14. The van der Waals surface area contributed by atoms with Crippen molar-refractivity contribution in [1.29, 1.82) is 0 Å². The van der Waals surface area contributed by atoms with E-state index >= 15 is 0 Å². The Labute approximate surface area is 148 Å². The lowest BCUT2D eigenvalue weighted by atomic mass is 10.2. The number of anilines is 2. The minimum absolute atomic E-state index is 0.0342. The number of rotatable bonds is 7. The van der Waals surface area contributed by atoms with Crippen molar-refractivity contribution < 1.29 is 16.8 Å². The van der Waals surface area contributed by atoms with Gasteiger partial charge in [-0.15, -0.1) is 0 Å². The van der Waals surface area contributed by atoms with Crippen LogP contribution in [0.15, 0.2) is 52.3 Å². The smallest absolute Gasteiger partial charge is 0.261 e. The first-order valence-electron chi connectivity index (χ1n) is 7.60. The quantitative estimate of drug-likeness (QED) is 0.678. The van der Waals surface area contributed by atoms with Gasteiger partial charge in [0.05, 0.1) is 21.2 Å². The molecule has 0 aliphatic rings. The van der Waals surface area contributed by atoms with Gasteiger partial charge in [0.1, 0.15) is 0 Å². The van der Waals surface area contributed by atoms with Crippen molar-refractivity contribution in [3.63, 3.8) is 0 Å². The molecule has 0 saturated heterocycles. The van der Waals surface area contributed by atoms with E-state index in [4.69, 9.17) is 0 Å². The highest BCUT2D eigenvalue weighted by Gasteiger charge is 2.19. The third-order valence-corrected chi connectivity index (χ3v) is 6.52. The molecule has 2 aromatic rings. The molecule has 0 heterocycles. The van der Waals surface area contributed by atoms with Gasteiger partial charge in [-0.3, -0.25) is 4.72 Å². The van der Waals surface area contributed by atoms with Crippen LogP contribution in [0.25, 0.3) is 0 Å². The Kier molecular flexibility index (Phi) is 5.71. The van der Waals surface area contributed by atoms with Crippen LogP contribution in [-0.4, -0.2) is 30.9 Å². The van der Waals surface area contributed by atoms with Gasteiger partial charge in [-0.25, -0.2) is 21.6 Å². The van der Waals surface area contributed by atoms with Gasteiger partial charge >= 0.3 is 0 Å². The predicted octanol–water partition coefficient (Wildman–Crippen LogP) is 2.00. The summed E-state index contributed by atoms with van der Waals surface area (Å²) in [5, 5.41) is 2.84. The second-order valence-electron chi connectivity index (χ2n) is 5.27. The maximum atomic E-state index is 12.6. The Balaban J connectivity index is 2.44. The van der Waals surface area contributed by atoms with Gasteiger partial charge < -0.3 is 5.32 Å².